The van der Waals surface area contributed by atoms with E-state index < -0.39 is 17.8 Å². The highest BCUT2D eigenvalue weighted by molar-refractivity contribution is 5.92. The van der Waals surface area contributed by atoms with Gasteiger partial charge in [0.15, 0.2) is 11.6 Å². The first kappa shape index (κ1) is 16.9. The van der Waals surface area contributed by atoms with E-state index in [0.717, 1.165) is 25.0 Å². The molecule has 0 amide bonds. The van der Waals surface area contributed by atoms with E-state index in [-0.39, 0.29) is 5.75 Å². The molecule has 0 aliphatic rings. The van der Waals surface area contributed by atoms with Crippen molar-refractivity contribution in [1.82, 2.24) is 0 Å². The third-order valence-corrected chi connectivity index (χ3v) is 2.57. The Kier molecular flexibility index (Phi) is 7.15. The Morgan fingerprint density at radius 3 is 2.52 bits per heavy atom. The van der Waals surface area contributed by atoms with Crippen LogP contribution in [-0.4, -0.2) is 18.5 Å². The highest BCUT2D eigenvalue weighted by atomic mass is 19.1. The largest absolute Gasteiger partial charge is 0.463 e. The van der Waals surface area contributed by atoms with Gasteiger partial charge in [-0.3, -0.25) is 0 Å². The number of carbonyl (C=O) groups excluding carboxylic acids is 2. The molecule has 0 heterocycles. The number of halogens is 1. The highest BCUT2D eigenvalue weighted by Gasteiger charge is 2.06. The monoisotopic (exact) mass is 294 g/mol. The van der Waals surface area contributed by atoms with Crippen LogP contribution in [0.4, 0.5) is 4.39 Å². The maximum absolute atomic E-state index is 13.2. The lowest BCUT2D eigenvalue weighted by Gasteiger charge is -2.04. The van der Waals surface area contributed by atoms with Crippen LogP contribution < -0.4 is 4.74 Å². The molecule has 0 saturated heterocycles. The molecule has 1 aromatic rings. The van der Waals surface area contributed by atoms with Gasteiger partial charge in [0.25, 0.3) is 0 Å². The van der Waals surface area contributed by atoms with Crippen LogP contribution >= 0.6 is 0 Å². The standard InChI is InChI=1S/C16H19FO4/c1-12(2)6-5-11-20-15(18)9-10-16(19)21-14-8-4-3-7-13(14)17/h3-4,7-10,12H,5-6,11H2,1-2H3/b10-9+. The first-order valence-corrected chi connectivity index (χ1v) is 6.80. The maximum Gasteiger partial charge on any atom is 0.336 e. The van der Waals surface area contributed by atoms with Crippen molar-refractivity contribution >= 4 is 11.9 Å². The van der Waals surface area contributed by atoms with E-state index in [1.807, 2.05) is 0 Å². The molecule has 0 aromatic heterocycles. The average Bonchev–Trinajstić information content (AvgIpc) is 2.44. The molecular formula is C16H19FO4. The van der Waals surface area contributed by atoms with Gasteiger partial charge >= 0.3 is 11.9 Å². The number of esters is 2. The Morgan fingerprint density at radius 2 is 1.86 bits per heavy atom. The molecule has 0 aliphatic carbocycles. The van der Waals surface area contributed by atoms with Gasteiger partial charge in [-0.15, -0.1) is 0 Å². The summed E-state index contributed by atoms with van der Waals surface area (Å²) in [6.07, 6.45) is 3.62. The lowest BCUT2D eigenvalue weighted by Crippen LogP contribution is -2.08. The van der Waals surface area contributed by atoms with Gasteiger partial charge < -0.3 is 9.47 Å². The predicted octanol–water partition coefficient (Wildman–Crippen LogP) is 3.27. The van der Waals surface area contributed by atoms with Gasteiger partial charge in [-0.1, -0.05) is 26.0 Å². The molecule has 21 heavy (non-hydrogen) atoms. The van der Waals surface area contributed by atoms with Crippen LogP contribution in [0.2, 0.25) is 0 Å². The number of carbonyl (C=O) groups is 2. The summed E-state index contributed by atoms with van der Waals surface area (Å²) in [5.41, 5.74) is 0. The van der Waals surface area contributed by atoms with Crippen molar-refractivity contribution in [1.29, 1.82) is 0 Å². The Balaban J connectivity index is 2.33. The molecule has 0 aliphatic heterocycles. The fourth-order valence-corrected chi connectivity index (χ4v) is 1.52. The molecule has 0 fully saturated rings. The Hall–Kier alpha value is -2.17. The summed E-state index contributed by atoms with van der Waals surface area (Å²) in [5.74, 6) is -1.73. The zero-order chi connectivity index (χ0) is 15.7. The third-order valence-electron chi connectivity index (χ3n) is 2.57. The van der Waals surface area contributed by atoms with E-state index in [4.69, 9.17) is 9.47 Å². The van der Waals surface area contributed by atoms with Crippen LogP contribution in [0, 0.1) is 11.7 Å². The summed E-state index contributed by atoms with van der Waals surface area (Å²) in [7, 11) is 0. The van der Waals surface area contributed by atoms with E-state index in [0.29, 0.717) is 12.5 Å². The van der Waals surface area contributed by atoms with E-state index in [2.05, 4.69) is 13.8 Å². The van der Waals surface area contributed by atoms with Gasteiger partial charge in [-0.25, -0.2) is 14.0 Å². The molecule has 1 aromatic carbocycles. The van der Waals surface area contributed by atoms with Crippen LogP contribution in [-0.2, 0) is 14.3 Å². The second-order valence-electron chi connectivity index (χ2n) is 4.89. The van der Waals surface area contributed by atoms with Crippen molar-refractivity contribution in [2.45, 2.75) is 26.7 Å². The Labute approximate surface area is 123 Å². The van der Waals surface area contributed by atoms with Crippen molar-refractivity contribution < 1.29 is 23.5 Å². The topological polar surface area (TPSA) is 52.6 Å². The Bertz CT molecular complexity index is 509. The van der Waals surface area contributed by atoms with Crippen LogP contribution in [0.3, 0.4) is 0 Å². The molecule has 4 nitrogen and oxygen atoms in total. The summed E-state index contributed by atoms with van der Waals surface area (Å²) in [4.78, 5) is 22.7. The molecule has 1 rings (SSSR count). The minimum absolute atomic E-state index is 0.183. The average molecular weight is 294 g/mol. The van der Waals surface area contributed by atoms with Crippen LogP contribution in [0.15, 0.2) is 36.4 Å². The number of rotatable bonds is 7. The number of hydrogen-bond donors (Lipinski definition) is 0. The van der Waals surface area contributed by atoms with Crippen LogP contribution in [0.1, 0.15) is 26.7 Å². The summed E-state index contributed by atoms with van der Waals surface area (Å²) < 4.78 is 22.9. The van der Waals surface area contributed by atoms with Crippen molar-refractivity contribution in [2.24, 2.45) is 5.92 Å². The van der Waals surface area contributed by atoms with Gasteiger partial charge in [0.05, 0.1) is 6.61 Å². The van der Waals surface area contributed by atoms with Gasteiger partial charge in [0.2, 0.25) is 0 Å². The Morgan fingerprint density at radius 1 is 1.19 bits per heavy atom. The molecular weight excluding hydrogens is 275 g/mol. The summed E-state index contributed by atoms with van der Waals surface area (Å²) >= 11 is 0. The minimum atomic E-state index is -0.834. The van der Waals surface area contributed by atoms with Gasteiger partial charge in [0.1, 0.15) is 0 Å². The number of para-hydroxylation sites is 1. The molecule has 114 valence electrons. The van der Waals surface area contributed by atoms with Crippen molar-refractivity contribution in [2.75, 3.05) is 6.61 Å². The lowest BCUT2D eigenvalue weighted by molar-refractivity contribution is -0.138. The van der Waals surface area contributed by atoms with E-state index in [9.17, 15) is 14.0 Å². The highest BCUT2D eigenvalue weighted by Crippen LogP contribution is 2.15. The normalized spacial score (nSPS) is 10.9. The second-order valence-corrected chi connectivity index (χ2v) is 4.89. The van der Waals surface area contributed by atoms with Crippen LogP contribution in [0.25, 0.3) is 0 Å². The van der Waals surface area contributed by atoms with Crippen molar-refractivity contribution in [3.8, 4) is 5.75 Å². The van der Waals surface area contributed by atoms with E-state index in [1.54, 1.807) is 6.07 Å². The summed E-state index contributed by atoms with van der Waals surface area (Å²) in [6.45, 7) is 4.48. The van der Waals surface area contributed by atoms with E-state index >= 15 is 0 Å². The molecule has 5 heteroatoms. The van der Waals surface area contributed by atoms with E-state index in [1.165, 1.54) is 18.2 Å². The van der Waals surface area contributed by atoms with Crippen molar-refractivity contribution in [3.05, 3.63) is 42.2 Å². The summed E-state index contributed by atoms with van der Waals surface area (Å²) in [6, 6.07) is 5.52. The lowest BCUT2D eigenvalue weighted by atomic mass is 10.1. The number of benzene rings is 1. The SMILES string of the molecule is CC(C)CCCOC(=O)/C=C/C(=O)Oc1ccccc1F. The maximum atomic E-state index is 13.2. The van der Waals surface area contributed by atoms with Crippen molar-refractivity contribution in [3.63, 3.8) is 0 Å². The summed E-state index contributed by atoms with van der Waals surface area (Å²) in [5, 5.41) is 0. The zero-order valence-electron chi connectivity index (χ0n) is 12.2. The van der Waals surface area contributed by atoms with Crippen LogP contribution in [0.5, 0.6) is 5.75 Å². The van der Waals surface area contributed by atoms with Gasteiger partial charge in [-0.05, 0) is 30.9 Å². The first-order chi connectivity index (χ1) is 9.99. The second kappa shape index (κ2) is 8.89. The fraction of sp³-hybridized carbons (Fsp3) is 0.375. The third kappa shape index (κ3) is 7.25. The molecule has 0 saturated carbocycles. The molecule has 0 unspecified atom stereocenters. The molecule has 0 radical (unpaired) electrons. The quantitative estimate of drug-likeness (QED) is 0.335. The molecule has 0 bridgehead atoms. The molecule has 0 spiro atoms. The zero-order valence-corrected chi connectivity index (χ0v) is 12.2. The molecule has 0 atom stereocenters. The smallest absolute Gasteiger partial charge is 0.336 e. The van der Waals surface area contributed by atoms with Gasteiger partial charge in [0, 0.05) is 12.2 Å². The molecule has 0 N–H and O–H groups in total. The predicted molar refractivity (Wildman–Crippen MR) is 76.2 cm³/mol. The first-order valence-electron chi connectivity index (χ1n) is 6.80. The number of ether oxygens (including phenoxy) is 2. The minimum Gasteiger partial charge on any atom is -0.463 e. The number of hydrogen-bond acceptors (Lipinski definition) is 4. The fourth-order valence-electron chi connectivity index (χ4n) is 1.52. The van der Waals surface area contributed by atoms with Gasteiger partial charge in [-0.2, -0.15) is 0 Å².